The molecule has 1 fully saturated rings. The summed E-state index contributed by atoms with van der Waals surface area (Å²) in [5.74, 6) is 0.668. The van der Waals surface area contributed by atoms with Crippen LogP contribution in [0.15, 0.2) is 18.3 Å². The van der Waals surface area contributed by atoms with Crippen LogP contribution in [0.3, 0.4) is 0 Å². The lowest BCUT2D eigenvalue weighted by Crippen LogP contribution is -2.59. The molecule has 3 nitrogen and oxygen atoms in total. The lowest BCUT2D eigenvalue weighted by Gasteiger charge is -2.44. The molecule has 2 rings (SSSR count). The van der Waals surface area contributed by atoms with E-state index in [4.69, 9.17) is 0 Å². The summed E-state index contributed by atoms with van der Waals surface area (Å²) in [4.78, 5) is 6.87. The molecule has 0 saturated carbocycles. The molecule has 1 aliphatic heterocycles. The summed E-state index contributed by atoms with van der Waals surface area (Å²) in [6.45, 7) is 8.77. The first-order valence-corrected chi connectivity index (χ1v) is 8.43. The van der Waals surface area contributed by atoms with Gasteiger partial charge in [0.05, 0.1) is 11.3 Å². The van der Waals surface area contributed by atoms with Crippen molar-refractivity contribution in [1.29, 1.82) is 0 Å². The lowest BCUT2D eigenvalue weighted by molar-refractivity contribution is -0.0875. The number of pyridine rings is 1. The molecule has 1 aromatic heterocycles. The van der Waals surface area contributed by atoms with Gasteiger partial charge in [0.1, 0.15) is 0 Å². The summed E-state index contributed by atoms with van der Waals surface area (Å²) >= 11 is 0. The Balaban J connectivity index is 1.90. The van der Waals surface area contributed by atoms with Crippen LogP contribution in [0.5, 0.6) is 0 Å². The van der Waals surface area contributed by atoms with Gasteiger partial charge in [-0.25, -0.2) is 0 Å². The molecule has 3 heteroatoms. The molecule has 0 aliphatic carbocycles. The molecular formula is C18H30N2O. The van der Waals surface area contributed by atoms with Crippen LogP contribution in [0.1, 0.15) is 70.1 Å². The van der Waals surface area contributed by atoms with Gasteiger partial charge in [0.15, 0.2) is 0 Å². The minimum atomic E-state index is -0.494. The van der Waals surface area contributed by atoms with E-state index >= 15 is 0 Å². The Morgan fingerprint density at radius 3 is 2.52 bits per heavy atom. The number of aromatic nitrogens is 1. The largest absolute Gasteiger partial charge is 0.388 e. The van der Waals surface area contributed by atoms with Crippen molar-refractivity contribution in [3.8, 4) is 0 Å². The zero-order valence-corrected chi connectivity index (χ0v) is 13.8. The van der Waals surface area contributed by atoms with Crippen LogP contribution >= 0.6 is 0 Å². The average Bonchev–Trinajstić information content (AvgIpc) is 2.42. The maximum Gasteiger partial charge on any atom is 0.0872 e. The Hall–Kier alpha value is -0.930. The topological polar surface area (TPSA) is 36.4 Å². The molecular weight excluding hydrogens is 260 g/mol. The number of likely N-dealkylation sites (tertiary alicyclic amines) is 1. The minimum absolute atomic E-state index is 0.494. The van der Waals surface area contributed by atoms with Gasteiger partial charge in [-0.15, -0.1) is 0 Å². The van der Waals surface area contributed by atoms with Crippen LogP contribution in [0.4, 0.5) is 0 Å². The standard InChI is InChI=1S/C18H30N2O/c1-4-6-8-15(7-5-2)16-9-10-17(19-11-16)12-20-13-18(3,21)14-20/h9-11,15,21H,4-8,12-14H2,1-3H3. The Bertz CT molecular complexity index is 419. The fourth-order valence-electron chi connectivity index (χ4n) is 3.31. The normalized spacial score (nSPS) is 19.2. The number of hydrogen-bond donors (Lipinski definition) is 1. The first-order chi connectivity index (χ1) is 10.0. The summed E-state index contributed by atoms with van der Waals surface area (Å²) in [7, 11) is 0. The Morgan fingerprint density at radius 1 is 1.24 bits per heavy atom. The number of aliphatic hydroxyl groups is 1. The Kier molecular flexibility index (Phi) is 5.77. The molecule has 0 spiro atoms. The number of β-amino-alcohol motifs (C(OH)–C–C–N with tert-alkyl or cyclic N) is 1. The van der Waals surface area contributed by atoms with Crippen molar-refractivity contribution >= 4 is 0 Å². The molecule has 21 heavy (non-hydrogen) atoms. The quantitative estimate of drug-likeness (QED) is 0.792. The van der Waals surface area contributed by atoms with Crippen LogP contribution in [0.25, 0.3) is 0 Å². The second-order valence-corrected chi connectivity index (χ2v) is 6.85. The number of rotatable bonds is 8. The maximum absolute atomic E-state index is 9.76. The zero-order valence-electron chi connectivity index (χ0n) is 13.8. The van der Waals surface area contributed by atoms with Crippen LogP contribution in [-0.2, 0) is 6.54 Å². The molecule has 0 amide bonds. The van der Waals surface area contributed by atoms with Gasteiger partial charge in [0.25, 0.3) is 0 Å². The fourth-order valence-corrected chi connectivity index (χ4v) is 3.31. The molecule has 1 saturated heterocycles. The van der Waals surface area contributed by atoms with E-state index in [-0.39, 0.29) is 0 Å². The van der Waals surface area contributed by atoms with E-state index in [9.17, 15) is 5.11 Å². The molecule has 1 aliphatic rings. The van der Waals surface area contributed by atoms with Crippen LogP contribution in [0, 0.1) is 0 Å². The smallest absolute Gasteiger partial charge is 0.0872 e. The van der Waals surface area contributed by atoms with Crippen molar-refractivity contribution < 1.29 is 5.11 Å². The SMILES string of the molecule is CCCCC(CCC)c1ccc(CN2CC(C)(O)C2)nc1. The van der Waals surface area contributed by atoms with Crippen LogP contribution in [-0.4, -0.2) is 33.7 Å². The number of nitrogens with zero attached hydrogens (tertiary/aromatic N) is 2. The third kappa shape index (κ3) is 4.79. The summed E-state index contributed by atoms with van der Waals surface area (Å²) in [5.41, 5.74) is 2.01. The van der Waals surface area contributed by atoms with Crippen LogP contribution < -0.4 is 0 Å². The van der Waals surface area contributed by atoms with Gasteiger partial charge in [-0.05, 0) is 37.3 Å². The van der Waals surface area contributed by atoms with E-state index in [1.807, 2.05) is 6.92 Å². The van der Waals surface area contributed by atoms with E-state index in [0.717, 1.165) is 25.3 Å². The highest BCUT2D eigenvalue weighted by Gasteiger charge is 2.36. The molecule has 0 bridgehead atoms. The van der Waals surface area contributed by atoms with Gasteiger partial charge in [-0.3, -0.25) is 9.88 Å². The summed E-state index contributed by atoms with van der Waals surface area (Å²) in [5, 5.41) is 9.76. The summed E-state index contributed by atoms with van der Waals surface area (Å²) in [6.07, 6.45) is 8.41. The highest BCUT2D eigenvalue weighted by Crippen LogP contribution is 2.27. The molecule has 1 N–H and O–H groups in total. The van der Waals surface area contributed by atoms with Gasteiger partial charge in [0, 0.05) is 25.8 Å². The molecule has 1 aromatic rings. The highest BCUT2D eigenvalue weighted by atomic mass is 16.3. The average molecular weight is 290 g/mol. The first-order valence-electron chi connectivity index (χ1n) is 8.43. The Morgan fingerprint density at radius 2 is 2.00 bits per heavy atom. The lowest BCUT2D eigenvalue weighted by atomic mass is 9.90. The highest BCUT2D eigenvalue weighted by molar-refractivity contribution is 5.18. The number of unbranched alkanes of at least 4 members (excludes halogenated alkanes) is 1. The maximum atomic E-state index is 9.76. The molecule has 0 aromatic carbocycles. The van der Waals surface area contributed by atoms with Crippen molar-refractivity contribution in [2.75, 3.05) is 13.1 Å². The van der Waals surface area contributed by atoms with E-state index in [1.165, 1.54) is 37.7 Å². The third-order valence-electron chi connectivity index (χ3n) is 4.38. The molecule has 1 atom stereocenters. The second kappa shape index (κ2) is 7.37. The predicted molar refractivity (Wildman–Crippen MR) is 87.3 cm³/mol. The van der Waals surface area contributed by atoms with Crippen molar-refractivity contribution in [2.24, 2.45) is 0 Å². The van der Waals surface area contributed by atoms with Gasteiger partial charge < -0.3 is 5.11 Å². The van der Waals surface area contributed by atoms with Crippen molar-refractivity contribution in [1.82, 2.24) is 9.88 Å². The predicted octanol–water partition coefficient (Wildman–Crippen LogP) is 3.72. The van der Waals surface area contributed by atoms with Crippen molar-refractivity contribution in [2.45, 2.75) is 70.9 Å². The fraction of sp³-hybridized carbons (Fsp3) is 0.722. The summed E-state index contributed by atoms with van der Waals surface area (Å²) in [6, 6.07) is 4.42. The zero-order chi connectivity index (χ0) is 15.3. The van der Waals surface area contributed by atoms with Gasteiger partial charge >= 0.3 is 0 Å². The van der Waals surface area contributed by atoms with E-state index in [0.29, 0.717) is 5.92 Å². The van der Waals surface area contributed by atoms with Gasteiger partial charge in [0.2, 0.25) is 0 Å². The third-order valence-corrected chi connectivity index (χ3v) is 4.38. The van der Waals surface area contributed by atoms with Gasteiger partial charge in [-0.1, -0.05) is 39.2 Å². The minimum Gasteiger partial charge on any atom is -0.388 e. The Labute approximate surface area is 129 Å². The monoisotopic (exact) mass is 290 g/mol. The molecule has 1 unspecified atom stereocenters. The molecule has 2 heterocycles. The number of hydrogen-bond acceptors (Lipinski definition) is 3. The second-order valence-electron chi connectivity index (χ2n) is 6.85. The van der Waals surface area contributed by atoms with Crippen molar-refractivity contribution in [3.63, 3.8) is 0 Å². The van der Waals surface area contributed by atoms with E-state index in [1.54, 1.807) is 0 Å². The summed E-state index contributed by atoms with van der Waals surface area (Å²) < 4.78 is 0. The molecule has 0 radical (unpaired) electrons. The molecule has 118 valence electrons. The van der Waals surface area contributed by atoms with E-state index < -0.39 is 5.60 Å². The first kappa shape index (κ1) is 16.4. The van der Waals surface area contributed by atoms with Crippen LogP contribution in [0.2, 0.25) is 0 Å². The van der Waals surface area contributed by atoms with E-state index in [2.05, 4.69) is 42.1 Å². The van der Waals surface area contributed by atoms with Crippen molar-refractivity contribution in [3.05, 3.63) is 29.6 Å². The van der Waals surface area contributed by atoms with Gasteiger partial charge in [-0.2, -0.15) is 0 Å².